The van der Waals surface area contributed by atoms with Gasteiger partial charge >= 0.3 is 0 Å². The van der Waals surface area contributed by atoms with Crippen molar-refractivity contribution in [3.63, 3.8) is 0 Å². The van der Waals surface area contributed by atoms with Crippen LogP contribution in [0.5, 0.6) is 17.2 Å². The summed E-state index contributed by atoms with van der Waals surface area (Å²) >= 11 is 0. The molecule has 1 aliphatic heterocycles. The molecule has 5 nitrogen and oxygen atoms in total. The lowest BCUT2D eigenvalue weighted by atomic mass is 9.92. The minimum absolute atomic E-state index is 0.0119. The van der Waals surface area contributed by atoms with Gasteiger partial charge in [0.05, 0.1) is 12.7 Å². The summed E-state index contributed by atoms with van der Waals surface area (Å²) in [4.78, 5) is 17.6. The van der Waals surface area contributed by atoms with Crippen LogP contribution >= 0.6 is 0 Å². The minimum atomic E-state index is -0.222. The molecule has 1 heterocycles. The van der Waals surface area contributed by atoms with E-state index in [1.54, 1.807) is 30.3 Å². The molecule has 4 rings (SSSR count). The Labute approximate surface area is 169 Å². The Morgan fingerprint density at radius 3 is 2.59 bits per heavy atom. The van der Waals surface area contributed by atoms with Crippen LogP contribution in [0.3, 0.4) is 0 Å². The fourth-order valence-corrected chi connectivity index (χ4v) is 3.42. The van der Waals surface area contributed by atoms with E-state index >= 15 is 0 Å². The second kappa shape index (κ2) is 8.19. The van der Waals surface area contributed by atoms with Crippen LogP contribution in [0.1, 0.15) is 27.0 Å². The highest BCUT2D eigenvalue weighted by Crippen LogP contribution is 2.33. The molecule has 0 fully saturated rings. The lowest BCUT2D eigenvalue weighted by molar-refractivity contribution is 0.106. The Morgan fingerprint density at radius 1 is 1.03 bits per heavy atom. The summed E-state index contributed by atoms with van der Waals surface area (Å²) in [6.45, 7) is 0.862. The largest absolute Gasteiger partial charge is 0.504 e. The molecular weight excluding hydrogens is 366 g/mol. The van der Waals surface area contributed by atoms with Gasteiger partial charge in [-0.05, 0) is 41.8 Å². The highest BCUT2D eigenvalue weighted by Gasteiger charge is 2.25. The summed E-state index contributed by atoms with van der Waals surface area (Å²) in [5.74, 6) is 0.667. The summed E-state index contributed by atoms with van der Waals surface area (Å²) < 4.78 is 11.1. The van der Waals surface area contributed by atoms with Crippen molar-refractivity contribution < 1.29 is 19.4 Å². The number of ether oxygens (including phenoxy) is 2. The third kappa shape index (κ3) is 3.85. The first-order chi connectivity index (χ1) is 14.2. The number of ketones is 1. The van der Waals surface area contributed by atoms with Crippen LogP contribution in [0.2, 0.25) is 0 Å². The molecule has 3 aromatic carbocycles. The fourth-order valence-electron chi connectivity index (χ4n) is 3.42. The first kappa shape index (κ1) is 18.7. The molecule has 0 unspecified atom stereocenters. The third-order valence-electron chi connectivity index (χ3n) is 4.89. The number of hydrogen-bond acceptors (Lipinski definition) is 5. The van der Waals surface area contributed by atoms with Gasteiger partial charge in [0, 0.05) is 12.1 Å². The summed E-state index contributed by atoms with van der Waals surface area (Å²) in [7, 11) is 1.53. The predicted molar refractivity (Wildman–Crippen MR) is 111 cm³/mol. The minimum Gasteiger partial charge on any atom is -0.504 e. The molecule has 0 aliphatic carbocycles. The van der Waals surface area contributed by atoms with Gasteiger partial charge < -0.3 is 14.6 Å². The van der Waals surface area contributed by atoms with Crippen LogP contribution < -0.4 is 9.47 Å². The number of nitrogens with zero attached hydrogens (tertiary/aromatic N) is 1. The zero-order valence-corrected chi connectivity index (χ0v) is 16.1. The number of methoxy groups -OCH3 is 1. The van der Waals surface area contributed by atoms with Gasteiger partial charge in [-0.3, -0.25) is 9.79 Å². The molecule has 0 atom stereocenters. The standard InChI is InChI=1S/C24H21NO4/c1-28-21-10-6-5-9-18(21)24(27)23-19-14-20(26)22(13-17(19)11-12-25-23)29-15-16-7-3-2-4-8-16/h2-10,13-14,26H,11-12,15H2,1H3. The topological polar surface area (TPSA) is 68.1 Å². The fraction of sp³-hybridized carbons (Fsp3) is 0.167. The zero-order chi connectivity index (χ0) is 20.2. The highest BCUT2D eigenvalue weighted by molar-refractivity contribution is 6.52. The number of phenols is 1. The Hall–Kier alpha value is -3.60. The van der Waals surface area contributed by atoms with Crippen molar-refractivity contribution in [1.82, 2.24) is 0 Å². The van der Waals surface area contributed by atoms with Crippen LogP contribution in [-0.4, -0.2) is 30.3 Å². The number of aliphatic imine (C=N–C) groups is 1. The van der Waals surface area contributed by atoms with E-state index in [9.17, 15) is 9.90 Å². The average molecular weight is 387 g/mol. The maximum Gasteiger partial charge on any atom is 0.215 e. The number of aromatic hydroxyl groups is 1. The lowest BCUT2D eigenvalue weighted by Gasteiger charge is -2.19. The van der Waals surface area contributed by atoms with Crippen LogP contribution in [0.15, 0.2) is 71.7 Å². The van der Waals surface area contributed by atoms with Crippen LogP contribution in [0.25, 0.3) is 0 Å². The van der Waals surface area contributed by atoms with E-state index in [0.29, 0.717) is 47.9 Å². The summed E-state index contributed by atoms with van der Waals surface area (Å²) in [6, 6.07) is 20.2. The van der Waals surface area contributed by atoms with Crippen molar-refractivity contribution in [2.45, 2.75) is 13.0 Å². The Kier molecular flexibility index (Phi) is 5.29. The number of carbonyl (C=O) groups is 1. The number of para-hydroxylation sites is 1. The van der Waals surface area contributed by atoms with E-state index in [1.807, 2.05) is 36.4 Å². The Bertz CT molecular complexity index is 1070. The summed E-state index contributed by atoms with van der Waals surface area (Å²) in [6.07, 6.45) is 0.681. The molecule has 1 aliphatic rings. The van der Waals surface area contributed by atoms with E-state index < -0.39 is 0 Å². The zero-order valence-electron chi connectivity index (χ0n) is 16.1. The summed E-state index contributed by atoms with van der Waals surface area (Å²) in [5, 5.41) is 10.5. The maximum absolute atomic E-state index is 13.1. The van der Waals surface area contributed by atoms with Gasteiger partial charge in [0.15, 0.2) is 11.5 Å². The van der Waals surface area contributed by atoms with Gasteiger partial charge in [-0.2, -0.15) is 0 Å². The Morgan fingerprint density at radius 2 is 1.79 bits per heavy atom. The highest BCUT2D eigenvalue weighted by atomic mass is 16.5. The van der Waals surface area contributed by atoms with Gasteiger partial charge in [0.2, 0.25) is 5.78 Å². The number of phenolic OH excluding ortho intramolecular Hbond substituents is 1. The van der Waals surface area contributed by atoms with E-state index in [-0.39, 0.29) is 11.5 Å². The van der Waals surface area contributed by atoms with E-state index in [0.717, 1.165) is 11.1 Å². The third-order valence-corrected chi connectivity index (χ3v) is 4.89. The molecule has 3 aromatic rings. The van der Waals surface area contributed by atoms with E-state index in [2.05, 4.69) is 4.99 Å². The number of fused-ring (bicyclic) bond motifs is 1. The molecule has 0 bridgehead atoms. The number of benzene rings is 3. The molecular formula is C24H21NO4. The molecule has 1 N–H and O–H groups in total. The molecule has 0 radical (unpaired) electrons. The normalized spacial score (nSPS) is 12.7. The van der Waals surface area contributed by atoms with Crippen molar-refractivity contribution in [3.8, 4) is 17.2 Å². The molecule has 0 saturated heterocycles. The van der Waals surface area contributed by atoms with Crippen molar-refractivity contribution in [2.24, 2.45) is 4.99 Å². The molecule has 29 heavy (non-hydrogen) atoms. The van der Waals surface area contributed by atoms with Gasteiger partial charge in [-0.25, -0.2) is 0 Å². The lowest BCUT2D eigenvalue weighted by Crippen LogP contribution is -2.22. The van der Waals surface area contributed by atoms with Gasteiger partial charge in [0.25, 0.3) is 0 Å². The first-order valence-corrected chi connectivity index (χ1v) is 9.42. The van der Waals surface area contributed by atoms with Crippen molar-refractivity contribution >= 4 is 11.5 Å². The second-order valence-electron chi connectivity index (χ2n) is 6.76. The first-order valence-electron chi connectivity index (χ1n) is 9.42. The van der Waals surface area contributed by atoms with E-state index in [1.165, 1.54) is 7.11 Å². The molecule has 5 heteroatoms. The van der Waals surface area contributed by atoms with Crippen molar-refractivity contribution in [3.05, 3.63) is 89.0 Å². The van der Waals surface area contributed by atoms with Gasteiger partial charge in [-0.1, -0.05) is 42.5 Å². The number of hydrogen-bond donors (Lipinski definition) is 1. The average Bonchev–Trinajstić information content (AvgIpc) is 2.77. The molecule has 146 valence electrons. The molecule has 0 spiro atoms. The number of Topliss-reactive ketones (excluding diaryl/α,β-unsaturated/α-hetero) is 1. The van der Waals surface area contributed by atoms with Crippen molar-refractivity contribution in [1.29, 1.82) is 0 Å². The molecule has 0 amide bonds. The quantitative estimate of drug-likeness (QED) is 0.644. The van der Waals surface area contributed by atoms with Gasteiger partial charge in [-0.15, -0.1) is 0 Å². The Balaban J connectivity index is 1.63. The van der Waals surface area contributed by atoms with Crippen molar-refractivity contribution in [2.75, 3.05) is 13.7 Å². The van der Waals surface area contributed by atoms with Crippen LogP contribution in [-0.2, 0) is 13.0 Å². The smallest absolute Gasteiger partial charge is 0.215 e. The molecule has 0 saturated carbocycles. The van der Waals surface area contributed by atoms with Gasteiger partial charge in [0.1, 0.15) is 18.1 Å². The predicted octanol–water partition coefficient (Wildman–Crippen LogP) is 4.21. The number of rotatable bonds is 6. The van der Waals surface area contributed by atoms with Crippen LogP contribution in [0.4, 0.5) is 0 Å². The summed E-state index contributed by atoms with van der Waals surface area (Å²) in [5.41, 5.74) is 3.36. The number of carbonyl (C=O) groups excluding carboxylic acids is 1. The monoisotopic (exact) mass is 387 g/mol. The SMILES string of the molecule is COc1ccccc1C(=O)C1=NCCc2cc(OCc3ccccc3)c(O)cc21. The van der Waals surface area contributed by atoms with E-state index in [4.69, 9.17) is 9.47 Å². The van der Waals surface area contributed by atoms with Crippen LogP contribution in [0, 0.1) is 0 Å². The molecule has 0 aromatic heterocycles. The maximum atomic E-state index is 13.1. The second-order valence-corrected chi connectivity index (χ2v) is 6.76.